The van der Waals surface area contributed by atoms with Gasteiger partial charge in [-0.2, -0.15) is 5.26 Å². The van der Waals surface area contributed by atoms with Crippen molar-refractivity contribution in [3.8, 4) is 6.07 Å². The summed E-state index contributed by atoms with van der Waals surface area (Å²) < 4.78 is 0. The van der Waals surface area contributed by atoms with Crippen LogP contribution < -0.4 is 0 Å². The molecule has 0 amide bonds. The number of nitriles is 1. The summed E-state index contributed by atoms with van der Waals surface area (Å²) in [6.07, 6.45) is 1.23. The molecule has 0 spiro atoms. The summed E-state index contributed by atoms with van der Waals surface area (Å²) in [5.41, 5.74) is 1.74. The molecule has 2 rings (SSSR count). The summed E-state index contributed by atoms with van der Waals surface area (Å²) in [7, 11) is 0. The number of likely N-dealkylation sites (tertiary alicyclic amines) is 1. The fourth-order valence-corrected chi connectivity index (χ4v) is 3.22. The summed E-state index contributed by atoms with van der Waals surface area (Å²) in [6.45, 7) is 9.80. The van der Waals surface area contributed by atoms with Crippen LogP contribution >= 0.6 is 11.6 Å². The molecule has 4 heteroatoms. The molecule has 20 heavy (non-hydrogen) atoms. The van der Waals surface area contributed by atoms with Gasteiger partial charge in [-0.05, 0) is 37.2 Å². The van der Waals surface area contributed by atoms with E-state index < -0.39 is 0 Å². The van der Waals surface area contributed by atoms with Gasteiger partial charge in [-0.25, -0.2) is 0 Å². The second kappa shape index (κ2) is 7.08. The first-order valence-corrected chi connectivity index (χ1v) is 7.70. The smallest absolute Gasteiger partial charge is 0.0992 e. The molecule has 1 saturated heterocycles. The van der Waals surface area contributed by atoms with Crippen LogP contribution in [0.3, 0.4) is 0 Å². The fourth-order valence-electron chi connectivity index (χ4n) is 2.98. The van der Waals surface area contributed by atoms with Gasteiger partial charge in [0.05, 0.1) is 11.6 Å². The van der Waals surface area contributed by atoms with E-state index in [4.69, 9.17) is 16.9 Å². The van der Waals surface area contributed by atoms with Gasteiger partial charge in [0.2, 0.25) is 0 Å². The summed E-state index contributed by atoms with van der Waals surface area (Å²) in [5, 5.41) is 9.57. The van der Waals surface area contributed by atoms with E-state index in [1.165, 1.54) is 6.42 Å². The van der Waals surface area contributed by atoms with Crippen LogP contribution in [-0.4, -0.2) is 42.0 Å². The molecular formula is C16H22ClN3. The quantitative estimate of drug-likeness (QED) is 0.835. The van der Waals surface area contributed by atoms with E-state index in [1.807, 2.05) is 12.1 Å². The van der Waals surface area contributed by atoms with Crippen molar-refractivity contribution in [3.63, 3.8) is 0 Å². The first-order chi connectivity index (χ1) is 9.67. The predicted octanol–water partition coefficient (Wildman–Crippen LogP) is 3.13. The van der Waals surface area contributed by atoms with E-state index in [9.17, 15) is 0 Å². The van der Waals surface area contributed by atoms with Gasteiger partial charge in [-0.3, -0.25) is 9.80 Å². The van der Waals surface area contributed by atoms with Crippen LogP contribution in [0.4, 0.5) is 0 Å². The summed E-state index contributed by atoms with van der Waals surface area (Å²) in [6, 6.07) is 8.37. The lowest BCUT2D eigenvalue weighted by Gasteiger charge is -2.26. The molecule has 0 bridgehead atoms. The number of nitrogens with zero attached hydrogens (tertiary/aromatic N) is 3. The number of halogens is 1. The maximum absolute atomic E-state index is 8.86. The lowest BCUT2D eigenvalue weighted by molar-refractivity contribution is 0.209. The van der Waals surface area contributed by atoms with Crippen LogP contribution in [0.2, 0.25) is 5.02 Å². The molecule has 1 aromatic carbocycles. The van der Waals surface area contributed by atoms with Crippen molar-refractivity contribution in [2.24, 2.45) is 0 Å². The third kappa shape index (κ3) is 3.52. The highest BCUT2D eigenvalue weighted by Crippen LogP contribution is 2.23. The largest absolute Gasteiger partial charge is 0.300 e. The van der Waals surface area contributed by atoms with E-state index >= 15 is 0 Å². The van der Waals surface area contributed by atoms with Crippen molar-refractivity contribution >= 4 is 11.6 Å². The van der Waals surface area contributed by atoms with E-state index in [2.05, 4.69) is 29.7 Å². The van der Waals surface area contributed by atoms with Gasteiger partial charge in [-0.1, -0.05) is 31.5 Å². The Hall–Kier alpha value is -1.08. The molecular weight excluding hydrogens is 270 g/mol. The van der Waals surface area contributed by atoms with Crippen molar-refractivity contribution in [2.75, 3.05) is 26.2 Å². The summed E-state index contributed by atoms with van der Waals surface area (Å²) in [4.78, 5) is 4.98. The molecule has 1 heterocycles. The van der Waals surface area contributed by atoms with Crippen LogP contribution in [0.15, 0.2) is 18.2 Å². The monoisotopic (exact) mass is 291 g/mol. The lowest BCUT2D eigenvalue weighted by atomic mass is 10.1. The Balaban J connectivity index is 1.97. The second-order valence-electron chi connectivity index (χ2n) is 5.32. The van der Waals surface area contributed by atoms with Gasteiger partial charge >= 0.3 is 0 Å². The van der Waals surface area contributed by atoms with Gasteiger partial charge < -0.3 is 0 Å². The minimum absolute atomic E-state index is 0.626. The Morgan fingerprint density at radius 1 is 1.40 bits per heavy atom. The number of rotatable bonds is 5. The third-order valence-corrected chi connectivity index (χ3v) is 4.50. The summed E-state index contributed by atoms with van der Waals surface area (Å²) in [5.74, 6) is 0. The Morgan fingerprint density at radius 3 is 2.75 bits per heavy atom. The van der Waals surface area contributed by atoms with E-state index in [0.29, 0.717) is 16.6 Å². The highest BCUT2D eigenvalue weighted by atomic mass is 35.5. The minimum atomic E-state index is 0.626. The van der Waals surface area contributed by atoms with Gasteiger partial charge in [0.15, 0.2) is 0 Å². The Kier molecular flexibility index (Phi) is 5.42. The standard InChI is InChI=1S/C16H22ClN3/c1-3-20(4-2)15-7-8-19(12-15)11-14-6-5-13(10-18)9-16(14)17/h5-6,9,15H,3-4,7-8,11-12H2,1-2H3. The molecule has 0 radical (unpaired) electrons. The molecule has 0 saturated carbocycles. The zero-order valence-electron chi connectivity index (χ0n) is 12.3. The Morgan fingerprint density at radius 2 is 2.15 bits per heavy atom. The van der Waals surface area contributed by atoms with Crippen LogP contribution in [0, 0.1) is 11.3 Å². The average Bonchev–Trinajstić information content (AvgIpc) is 2.91. The number of benzene rings is 1. The molecule has 108 valence electrons. The first kappa shape index (κ1) is 15.3. The average molecular weight is 292 g/mol. The van der Waals surface area contributed by atoms with Gasteiger partial charge in [-0.15, -0.1) is 0 Å². The van der Waals surface area contributed by atoms with E-state index in [1.54, 1.807) is 6.07 Å². The Labute approximate surface area is 126 Å². The molecule has 1 atom stereocenters. The molecule has 1 unspecified atom stereocenters. The molecule has 0 aromatic heterocycles. The maximum Gasteiger partial charge on any atom is 0.0992 e. The third-order valence-electron chi connectivity index (χ3n) is 4.15. The maximum atomic E-state index is 8.86. The molecule has 1 fully saturated rings. The van der Waals surface area contributed by atoms with Crippen molar-refractivity contribution in [1.82, 2.24) is 9.80 Å². The fraction of sp³-hybridized carbons (Fsp3) is 0.562. The van der Waals surface area contributed by atoms with E-state index in [-0.39, 0.29) is 0 Å². The van der Waals surface area contributed by atoms with Crippen molar-refractivity contribution < 1.29 is 0 Å². The molecule has 1 aliphatic rings. The molecule has 1 aliphatic heterocycles. The molecule has 0 aliphatic carbocycles. The summed E-state index contributed by atoms with van der Waals surface area (Å²) >= 11 is 6.25. The second-order valence-corrected chi connectivity index (χ2v) is 5.72. The van der Waals surface area contributed by atoms with Crippen LogP contribution in [0.5, 0.6) is 0 Å². The topological polar surface area (TPSA) is 30.3 Å². The van der Waals surface area contributed by atoms with Gasteiger partial charge in [0.1, 0.15) is 0 Å². The molecule has 0 N–H and O–H groups in total. The molecule has 1 aromatic rings. The van der Waals surface area contributed by atoms with E-state index in [0.717, 1.165) is 38.3 Å². The van der Waals surface area contributed by atoms with Crippen molar-refractivity contribution in [2.45, 2.75) is 32.9 Å². The number of likely N-dealkylation sites (N-methyl/N-ethyl adjacent to an activating group) is 1. The van der Waals surface area contributed by atoms with Crippen LogP contribution in [0.1, 0.15) is 31.4 Å². The lowest BCUT2D eigenvalue weighted by Crippen LogP contribution is -2.37. The van der Waals surface area contributed by atoms with Gasteiger partial charge in [0.25, 0.3) is 0 Å². The Bertz CT molecular complexity index is 491. The van der Waals surface area contributed by atoms with Crippen LogP contribution in [0.25, 0.3) is 0 Å². The number of hydrogen-bond donors (Lipinski definition) is 0. The van der Waals surface area contributed by atoms with Crippen LogP contribution in [-0.2, 0) is 6.54 Å². The van der Waals surface area contributed by atoms with Crippen molar-refractivity contribution in [3.05, 3.63) is 34.3 Å². The zero-order valence-corrected chi connectivity index (χ0v) is 13.0. The molecule has 3 nitrogen and oxygen atoms in total. The SMILES string of the molecule is CCN(CC)C1CCN(Cc2ccc(C#N)cc2Cl)C1. The highest BCUT2D eigenvalue weighted by molar-refractivity contribution is 6.31. The highest BCUT2D eigenvalue weighted by Gasteiger charge is 2.26. The zero-order chi connectivity index (χ0) is 14.5. The van der Waals surface area contributed by atoms with Crippen molar-refractivity contribution in [1.29, 1.82) is 5.26 Å². The normalized spacial score (nSPS) is 19.4. The first-order valence-electron chi connectivity index (χ1n) is 7.32. The predicted molar refractivity (Wildman–Crippen MR) is 82.8 cm³/mol. The van der Waals surface area contributed by atoms with Gasteiger partial charge in [0, 0.05) is 30.7 Å². The number of hydrogen-bond acceptors (Lipinski definition) is 3. The minimum Gasteiger partial charge on any atom is -0.300 e.